The highest BCUT2D eigenvalue weighted by Gasteiger charge is 2.19. The van der Waals surface area contributed by atoms with Crippen molar-refractivity contribution in [2.75, 3.05) is 6.54 Å². The molecular weight excluding hydrogens is 250 g/mol. The van der Waals surface area contributed by atoms with Crippen LogP contribution in [0.15, 0.2) is 30.3 Å². The van der Waals surface area contributed by atoms with Gasteiger partial charge in [-0.1, -0.05) is 29.8 Å². The van der Waals surface area contributed by atoms with E-state index in [1.807, 2.05) is 37.3 Å². The van der Waals surface area contributed by atoms with Gasteiger partial charge < -0.3 is 10.4 Å². The van der Waals surface area contributed by atoms with E-state index in [-0.39, 0.29) is 12.0 Å². The van der Waals surface area contributed by atoms with E-state index in [0.29, 0.717) is 12.5 Å². The van der Waals surface area contributed by atoms with Crippen LogP contribution in [0.3, 0.4) is 0 Å². The maximum absolute atomic E-state index is 11.8. The number of carbonyl (C=O) groups is 1. The van der Waals surface area contributed by atoms with Crippen molar-refractivity contribution in [2.24, 2.45) is 5.92 Å². The lowest BCUT2D eigenvalue weighted by molar-refractivity contribution is -0.116. The standard InChI is InChI=1S/C17H23NO2/c1-13-3-2-4-14(11-13)7-10-17(20)18-12-15-5-8-16(19)9-6-15/h2-4,7,10-11,15-16,19H,5-6,8-9,12H2,1H3,(H,18,20)/b10-7+. The molecule has 0 aliphatic heterocycles. The molecule has 0 aromatic heterocycles. The van der Waals surface area contributed by atoms with Crippen LogP contribution >= 0.6 is 0 Å². The molecule has 0 radical (unpaired) electrons. The van der Waals surface area contributed by atoms with Crippen molar-refractivity contribution in [1.82, 2.24) is 5.32 Å². The summed E-state index contributed by atoms with van der Waals surface area (Å²) in [6.07, 6.45) is 7.02. The summed E-state index contributed by atoms with van der Waals surface area (Å²) in [5.74, 6) is 0.465. The number of amides is 1. The van der Waals surface area contributed by atoms with Crippen molar-refractivity contribution < 1.29 is 9.90 Å². The van der Waals surface area contributed by atoms with Crippen molar-refractivity contribution in [3.63, 3.8) is 0 Å². The summed E-state index contributed by atoms with van der Waals surface area (Å²) in [6.45, 7) is 2.75. The number of hydrogen-bond acceptors (Lipinski definition) is 2. The molecule has 2 N–H and O–H groups in total. The smallest absolute Gasteiger partial charge is 0.244 e. The van der Waals surface area contributed by atoms with Gasteiger partial charge in [-0.15, -0.1) is 0 Å². The Labute approximate surface area is 120 Å². The van der Waals surface area contributed by atoms with Crippen LogP contribution < -0.4 is 5.32 Å². The molecule has 1 amide bonds. The van der Waals surface area contributed by atoms with Gasteiger partial charge in [-0.3, -0.25) is 4.79 Å². The van der Waals surface area contributed by atoms with Crippen LogP contribution in [0, 0.1) is 12.8 Å². The molecule has 1 aliphatic rings. The highest BCUT2D eigenvalue weighted by Crippen LogP contribution is 2.23. The largest absolute Gasteiger partial charge is 0.393 e. The zero-order chi connectivity index (χ0) is 14.4. The average molecular weight is 273 g/mol. The molecule has 0 bridgehead atoms. The number of aliphatic hydroxyl groups is 1. The van der Waals surface area contributed by atoms with E-state index in [2.05, 4.69) is 5.32 Å². The molecule has 3 heteroatoms. The summed E-state index contributed by atoms with van der Waals surface area (Å²) in [5, 5.41) is 12.4. The molecule has 0 unspecified atom stereocenters. The molecule has 20 heavy (non-hydrogen) atoms. The van der Waals surface area contributed by atoms with Gasteiger partial charge in [-0.05, 0) is 50.2 Å². The van der Waals surface area contributed by atoms with Gasteiger partial charge in [-0.2, -0.15) is 0 Å². The second-order valence-electron chi connectivity index (χ2n) is 5.67. The third kappa shape index (κ3) is 4.82. The monoisotopic (exact) mass is 273 g/mol. The van der Waals surface area contributed by atoms with Crippen LogP contribution in [0.4, 0.5) is 0 Å². The average Bonchev–Trinajstić information content (AvgIpc) is 2.45. The molecule has 1 saturated carbocycles. The molecular formula is C17H23NO2. The van der Waals surface area contributed by atoms with Crippen LogP contribution in [-0.4, -0.2) is 23.7 Å². The molecule has 1 fully saturated rings. The summed E-state index contributed by atoms with van der Waals surface area (Å²) < 4.78 is 0. The third-order valence-electron chi connectivity index (χ3n) is 3.85. The number of aliphatic hydroxyl groups excluding tert-OH is 1. The van der Waals surface area contributed by atoms with Gasteiger partial charge in [0.25, 0.3) is 0 Å². The highest BCUT2D eigenvalue weighted by atomic mass is 16.3. The Morgan fingerprint density at radius 1 is 1.35 bits per heavy atom. The molecule has 1 aliphatic carbocycles. The first-order valence-electron chi connectivity index (χ1n) is 7.34. The lowest BCUT2D eigenvalue weighted by atomic mass is 9.87. The predicted molar refractivity (Wildman–Crippen MR) is 81.2 cm³/mol. The van der Waals surface area contributed by atoms with Crippen LogP contribution in [-0.2, 0) is 4.79 Å². The fraction of sp³-hybridized carbons (Fsp3) is 0.471. The number of rotatable bonds is 4. The summed E-state index contributed by atoms with van der Waals surface area (Å²) in [4.78, 5) is 11.8. The first-order valence-corrected chi connectivity index (χ1v) is 7.34. The van der Waals surface area contributed by atoms with Gasteiger partial charge in [-0.25, -0.2) is 0 Å². The van der Waals surface area contributed by atoms with Crippen molar-refractivity contribution in [2.45, 2.75) is 38.7 Å². The van der Waals surface area contributed by atoms with Crippen molar-refractivity contribution >= 4 is 12.0 Å². The number of nitrogens with one attached hydrogen (secondary N) is 1. The van der Waals surface area contributed by atoms with Gasteiger partial charge in [0.1, 0.15) is 0 Å². The van der Waals surface area contributed by atoms with E-state index < -0.39 is 0 Å². The van der Waals surface area contributed by atoms with E-state index in [1.165, 1.54) is 5.56 Å². The topological polar surface area (TPSA) is 49.3 Å². The minimum Gasteiger partial charge on any atom is -0.393 e. The lowest BCUT2D eigenvalue weighted by Crippen LogP contribution is -2.31. The molecule has 3 nitrogen and oxygen atoms in total. The van der Waals surface area contributed by atoms with Gasteiger partial charge in [0.15, 0.2) is 0 Å². The SMILES string of the molecule is Cc1cccc(/C=C/C(=O)NCC2CCC(O)CC2)c1. The normalized spacial score (nSPS) is 22.9. The molecule has 108 valence electrons. The van der Waals surface area contributed by atoms with Crippen molar-refractivity contribution in [1.29, 1.82) is 0 Å². The van der Waals surface area contributed by atoms with E-state index in [9.17, 15) is 9.90 Å². The molecule has 2 rings (SSSR count). The lowest BCUT2D eigenvalue weighted by Gasteiger charge is -2.25. The predicted octanol–water partition coefficient (Wildman–Crippen LogP) is 2.68. The van der Waals surface area contributed by atoms with Crippen molar-refractivity contribution in [3.05, 3.63) is 41.5 Å². The van der Waals surface area contributed by atoms with Crippen LogP contribution in [0.5, 0.6) is 0 Å². The summed E-state index contributed by atoms with van der Waals surface area (Å²) in [6, 6.07) is 8.06. The van der Waals surface area contributed by atoms with Crippen LogP contribution in [0.2, 0.25) is 0 Å². The number of hydrogen-bond donors (Lipinski definition) is 2. The van der Waals surface area contributed by atoms with Gasteiger partial charge in [0, 0.05) is 12.6 Å². The Morgan fingerprint density at radius 3 is 2.80 bits per heavy atom. The first kappa shape index (κ1) is 14.8. The number of carbonyl (C=O) groups excluding carboxylic acids is 1. The maximum Gasteiger partial charge on any atom is 0.244 e. The third-order valence-corrected chi connectivity index (χ3v) is 3.85. The van der Waals surface area contributed by atoms with E-state index in [1.54, 1.807) is 6.08 Å². The van der Waals surface area contributed by atoms with Gasteiger partial charge in [0.2, 0.25) is 5.91 Å². The Kier molecular flexibility index (Phi) is 5.36. The van der Waals surface area contributed by atoms with Crippen LogP contribution in [0.25, 0.3) is 6.08 Å². The van der Waals surface area contributed by atoms with E-state index >= 15 is 0 Å². The van der Waals surface area contributed by atoms with E-state index in [0.717, 1.165) is 31.2 Å². The van der Waals surface area contributed by atoms with Crippen LogP contribution in [0.1, 0.15) is 36.8 Å². The Morgan fingerprint density at radius 2 is 2.10 bits per heavy atom. The Hall–Kier alpha value is -1.61. The van der Waals surface area contributed by atoms with Gasteiger partial charge >= 0.3 is 0 Å². The quantitative estimate of drug-likeness (QED) is 0.829. The molecule has 0 spiro atoms. The first-order chi connectivity index (χ1) is 9.63. The Balaban J connectivity index is 1.75. The van der Waals surface area contributed by atoms with E-state index in [4.69, 9.17) is 0 Å². The second kappa shape index (κ2) is 7.25. The molecule has 0 atom stereocenters. The van der Waals surface area contributed by atoms with Gasteiger partial charge in [0.05, 0.1) is 6.10 Å². The zero-order valence-electron chi connectivity index (χ0n) is 12.0. The minimum atomic E-state index is -0.136. The second-order valence-corrected chi connectivity index (χ2v) is 5.67. The number of aryl methyl sites for hydroxylation is 1. The highest BCUT2D eigenvalue weighted by molar-refractivity contribution is 5.91. The molecule has 0 heterocycles. The zero-order valence-corrected chi connectivity index (χ0v) is 12.0. The summed E-state index contributed by atoms with van der Waals surface area (Å²) in [7, 11) is 0. The summed E-state index contributed by atoms with van der Waals surface area (Å²) >= 11 is 0. The minimum absolute atomic E-state index is 0.0439. The Bertz CT molecular complexity index is 474. The summed E-state index contributed by atoms with van der Waals surface area (Å²) in [5.41, 5.74) is 2.23. The molecule has 1 aromatic carbocycles. The van der Waals surface area contributed by atoms with Crippen molar-refractivity contribution in [3.8, 4) is 0 Å². The maximum atomic E-state index is 11.8. The molecule has 1 aromatic rings. The fourth-order valence-corrected chi connectivity index (χ4v) is 2.60. The number of benzene rings is 1. The molecule has 0 saturated heterocycles. The fourth-order valence-electron chi connectivity index (χ4n) is 2.60.